The number of halogens is 1. The number of ether oxygens (including phenoxy) is 1. The summed E-state index contributed by atoms with van der Waals surface area (Å²) in [6.07, 6.45) is 1.28. The van der Waals surface area contributed by atoms with Gasteiger partial charge in [0.1, 0.15) is 5.75 Å². The Morgan fingerprint density at radius 3 is 2.52 bits per heavy atom. The fourth-order valence-electron chi connectivity index (χ4n) is 2.24. The maximum absolute atomic E-state index is 12.1. The number of amides is 1. The fraction of sp³-hybridized carbons (Fsp3) is 0.278. The second kappa shape index (κ2) is 9.18. The van der Waals surface area contributed by atoms with Gasteiger partial charge in [0.15, 0.2) is 6.61 Å². The quantitative estimate of drug-likeness (QED) is 0.779. The van der Waals surface area contributed by atoms with Gasteiger partial charge in [-0.3, -0.25) is 4.79 Å². The maximum Gasteiger partial charge on any atom is 0.258 e. The highest BCUT2D eigenvalue weighted by molar-refractivity contribution is 6.32. The standard InChI is InChI=1S/C18H20ClNO3/c19-15-9-4-5-11-17(15)23-13-18(22)20-16(10-6-12-21)14-7-2-1-3-8-14/h1-5,7-9,11,16,21H,6,10,12-13H2,(H,20,22). The zero-order valence-corrected chi connectivity index (χ0v) is 13.5. The molecule has 1 amide bonds. The summed E-state index contributed by atoms with van der Waals surface area (Å²) in [7, 11) is 0. The Kier molecular flexibility index (Phi) is 6.91. The highest BCUT2D eigenvalue weighted by atomic mass is 35.5. The molecular formula is C18H20ClNO3. The number of para-hydroxylation sites is 1. The van der Waals surface area contributed by atoms with Gasteiger partial charge < -0.3 is 15.2 Å². The predicted octanol–water partition coefficient (Wildman–Crippen LogP) is 3.35. The summed E-state index contributed by atoms with van der Waals surface area (Å²) in [5.41, 5.74) is 1.01. The van der Waals surface area contributed by atoms with E-state index in [9.17, 15) is 4.79 Å². The SMILES string of the molecule is O=C(COc1ccccc1Cl)NC(CCCO)c1ccccc1. The Balaban J connectivity index is 1.93. The average molecular weight is 334 g/mol. The van der Waals surface area contributed by atoms with Crippen molar-refractivity contribution in [2.24, 2.45) is 0 Å². The molecule has 4 nitrogen and oxygen atoms in total. The van der Waals surface area contributed by atoms with Gasteiger partial charge in [0.25, 0.3) is 5.91 Å². The van der Waals surface area contributed by atoms with Gasteiger partial charge in [0.05, 0.1) is 11.1 Å². The van der Waals surface area contributed by atoms with Crippen LogP contribution >= 0.6 is 11.6 Å². The molecule has 23 heavy (non-hydrogen) atoms. The van der Waals surface area contributed by atoms with Crippen LogP contribution in [0.3, 0.4) is 0 Å². The Bertz CT molecular complexity index is 619. The first-order chi connectivity index (χ1) is 11.2. The first-order valence-corrected chi connectivity index (χ1v) is 7.91. The lowest BCUT2D eigenvalue weighted by Gasteiger charge is -2.19. The lowest BCUT2D eigenvalue weighted by Crippen LogP contribution is -2.32. The van der Waals surface area contributed by atoms with E-state index >= 15 is 0 Å². The molecule has 0 bridgehead atoms. The Morgan fingerprint density at radius 1 is 1.13 bits per heavy atom. The number of aliphatic hydroxyl groups excluding tert-OH is 1. The molecule has 0 aliphatic carbocycles. The van der Waals surface area contributed by atoms with Crippen LogP contribution in [0.2, 0.25) is 5.02 Å². The first-order valence-electron chi connectivity index (χ1n) is 7.53. The third kappa shape index (κ3) is 5.58. The summed E-state index contributed by atoms with van der Waals surface area (Å²) < 4.78 is 5.45. The number of carbonyl (C=O) groups excluding carboxylic acids is 1. The van der Waals surface area contributed by atoms with E-state index in [1.165, 1.54) is 0 Å². The van der Waals surface area contributed by atoms with E-state index in [4.69, 9.17) is 21.4 Å². The van der Waals surface area contributed by atoms with Crippen LogP contribution in [0.5, 0.6) is 5.75 Å². The van der Waals surface area contributed by atoms with Crippen LogP contribution in [-0.4, -0.2) is 24.2 Å². The van der Waals surface area contributed by atoms with Gasteiger partial charge in [0.2, 0.25) is 0 Å². The molecule has 2 rings (SSSR count). The Labute approximate surface area is 141 Å². The number of hydrogen-bond donors (Lipinski definition) is 2. The second-order valence-electron chi connectivity index (χ2n) is 5.12. The van der Waals surface area contributed by atoms with Crippen LogP contribution in [0.1, 0.15) is 24.4 Å². The molecule has 0 spiro atoms. The largest absolute Gasteiger partial charge is 0.482 e. The van der Waals surface area contributed by atoms with Gasteiger partial charge in [-0.1, -0.05) is 54.1 Å². The van der Waals surface area contributed by atoms with E-state index in [2.05, 4.69) is 5.32 Å². The molecular weight excluding hydrogens is 314 g/mol. The molecule has 1 atom stereocenters. The molecule has 122 valence electrons. The summed E-state index contributed by atoms with van der Waals surface area (Å²) >= 11 is 5.99. The molecule has 2 N–H and O–H groups in total. The van der Waals surface area contributed by atoms with E-state index in [0.29, 0.717) is 23.6 Å². The van der Waals surface area contributed by atoms with Gasteiger partial charge in [0, 0.05) is 6.61 Å². The topological polar surface area (TPSA) is 58.6 Å². The van der Waals surface area contributed by atoms with Crippen LogP contribution in [0.25, 0.3) is 0 Å². The molecule has 0 fully saturated rings. The molecule has 2 aromatic carbocycles. The highest BCUT2D eigenvalue weighted by Crippen LogP contribution is 2.23. The zero-order valence-electron chi connectivity index (χ0n) is 12.7. The molecule has 1 unspecified atom stereocenters. The van der Waals surface area contributed by atoms with E-state index < -0.39 is 0 Å². The van der Waals surface area contributed by atoms with Crippen LogP contribution in [0, 0.1) is 0 Å². The van der Waals surface area contributed by atoms with Crippen LogP contribution in [0.15, 0.2) is 54.6 Å². The van der Waals surface area contributed by atoms with Crippen molar-refractivity contribution in [2.45, 2.75) is 18.9 Å². The van der Waals surface area contributed by atoms with Gasteiger partial charge in [-0.2, -0.15) is 0 Å². The van der Waals surface area contributed by atoms with Gasteiger partial charge in [-0.25, -0.2) is 0 Å². The number of carbonyl (C=O) groups is 1. The van der Waals surface area contributed by atoms with Crippen molar-refractivity contribution in [1.82, 2.24) is 5.32 Å². The number of benzene rings is 2. The minimum absolute atomic E-state index is 0.0926. The van der Waals surface area contributed by atoms with Crippen LogP contribution < -0.4 is 10.1 Å². The van der Waals surface area contributed by atoms with Gasteiger partial charge in [-0.15, -0.1) is 0 Å². The highest BCUT2D eigenvalue weighted by Gasteiger charge is 2.14. The van der Waals surface area contributed by atoms with Gasteiger partial charge in [-0.05, 0) is 30.5 Å². The summed E-state index contributed by atoms with van der Waals surface area (Å²) in [6, 6.07) is 16.6. The molecule has 0 aliphatic heterocycles. The first kappa shape index (κ1) is 17.3. The third-order valence-electron chi connectivity index (χ3n) is 3.38. The van der Waals surface area contributed by atoms with E-state index in [-0.39, 0.29) is 25.2 Å². The van der Waals surface area contributed by atoms with Crippen LogP contribution in [-0.2, 0) is 4.79 Å². The molecule has 0 aliphatic rings. The molecule has 5 heteroatoms. The molecule has 0 radical (unpaired) electrons. The van der Waals surface area contributed by atoms with Crippen molar-refractivity contribution < 1.29 is 14.6 Å². The number of rotatable bonds is 8. The Morgan fingerprint density at radius 2 is 1.83 bits per heavy atom. The molecule has 0 heterocycles. The summed E-state index contributed by atoms with van der Waals surface area (Å²) in [5.74, 6) is 0.257. The molecule has 0 saturated heterocycles. The summed E-state index contributed by atoms with van der Waals surface area (Å²) in [4.78, 5) is 12.1. The minimum Gasteiger partial charge on any atom is -0.482 e. The second-order valence-corrected chi connectivity index (χ2v) is 5.52. The van der Waals surface area contributed by atoms with Crippen LogP contribution in [0.4, 0.5) is 0 Å². The van der Waals surface area contributed by atoms with E-state index in [1.54, 1.807) is 24.3 Å². The lowest BCUT2D eigenvalue weighted by atomic mass is 10.0. The zero-order chi connectivity index (χ0) is 16.5. The van der Waals surface area contributed by atoms with E-state index in [1.807, 2.05) is 30.3 Å². The van der Waals surface area contributed by atoms with Crippen molar-refractivity contribution >= 4 is 17.5 Å². The third-order valence-corrected chi connectivity index (χ3v) is 3.70. The lowest BCUT2D eigenvalue weighted by molar-refractivity contribution is -0.123. The Hall–Kier alpha value is -2.04. The molecule has 0 saturated carbocycles. The normalized spacial score (nSPS) is 11.7. The monoisotopic (exact) mass is 333 g/mol. The number of aliphatic hydroxyl groups is 1. The summed E-state index contributed by atoms with van der Waals surface area (Å²) in [5, 5.41) is 12.4. The van der Waals surface area contributed by atoms with Crippen molar-refractivity contribution in [3.63, 3.8) is 0 Å². The van der Waals surface area contributed by atoms with Crippen molar-refractivity contribution in [1.29, 1.82) is 0 Å². The fourth-order valence-corrected chi connectivity index (χ4v) is 2.43. The molecule has 2 aromatic rings. The van der Waals surface area contributed by atoms with Crippen molar-refractivity contribution in [3.05, 3.63) is 65.2 Å². The average Bonchev–Trinajstić information content (AvgIpc) is 2.58. The molecule has 0 aromatic heterocycles. The smallest absolute Gasteiger partial charge is 0.258 e. The number of hydrogen-bond acceptors (Lipinski definition) is 3. The maximum atomic E-state index is 12.1. The van der Waals surface area contributed by atoms with Crippen molar-refractivity contribution in [2.75, 3.05) is 13.2 Å². The van der Waals surface area contributed by atoms with Crippen molar-refractivity contribution in [3.8, 4) is 5.75 Å². The van der Waals surface area contributed by atoms with E-state index in [0.717, 1.165) is 5.56 Å². The summed E-state index contributed by atoms with van der Waals surface area (Å²) in [6.45, 7) is -0.0124. The number of nitrogens with one attached hydrogen (secondary N) is 1. The van der Waals surface area contributed by atoms with Gasteiger partial charge >= 0.3 is 0 Å². The predicted molar refractivity (Wildman–Crippen MR) is 90.6 cm³/mol. The minimum atomic E-state index is -0.225.